The summed E-state index contributed by atoms with van der Waals surface area (Å²) in [7, 11) is -3.30. The molecule has 1 aromatic heterocycles. The van der Waals surface area contributed by atoms with Gasteiger partial charge in [0.2, 0.25) is 0 Å². The van der Waals surface area contributed by atoms with Gasteiger partial charge in [0.25, 0.3) is 11.8 Å². The normalized spacial score (nSPS) is 11.1. The molecule has 0 radical (unpaired) electrons. The fourth-order valence-electron chi connectivity index (χ4n) is 2.48. The zero-order valence-electron chi connectivity index (χ0n) is 15.2. The van der Waals surface area contributed by atoms with Gasteiger partial charge < -0.3 is 15.1 Å². The SMILES string of the molecule is Cc1ccc(C(=O)Nc2ccc(S(C)(=O)=O)cc2)cc1NC(=O)c1ccco1. The summed E-state index contributed by atoms with van der Waals surface area (Å²) in [5, 5.41) is 5.42. The minimum absolute atomic E-state index is 0.167. The Hall–Kier alpha value is -3.39. The highest BCUT2D eigenvalue weighted by Crippen LogP contribution is 2.20. The van der Waals surface area contributed by atoms with Crippen molar-refractivity contribution in [3.8, 4) is 0 Å². The maximum Gasteiger partial charge on any atom is 0.291 e. The van der Waals surface area contributed by atoms with Crippen LogP contribution in [-0.4, -0.2) is 26.5 Å². The Bertz CT molecular complexity index is 1120. The van der Waals surface area contributed by atoms with Gasteiger partial charge in [-0.3, -0.25) is 9.59 Å². The van der Waals surface area contributed by atoms with E-state index in [1.807, 2.05) is 6.92 Å². The minimum atomic E-state index is -3.30. The fraction of sp³-hybridized carbons (Fsp3) is 0.100. The Morgan fingerprint density at radius 1 is 0.929 bits per heavy atom. The number of benzene rings is 2. The van der Waals surface area contributed by atoms with Crippen molar-refractivity contribution in [2.75, 3.05) is 16.9 Å². The Kier molecular flexibility index (Phi) is 5.32. The molecule has 7 nitrogen and oxygen atoms in total. The summed E-state index contributed by atoms with van der Waals surface area (Å²) in [6.07, 6.45) is 2.52. The van der Waals surface area contributed by atoms with Crippen molar-refractivity contribution in [1.82, 2.24) is 0 Å². The van der Waals surface area contributed by atoms with Gasteiger partial charge in [0.05, 0.1) is 11.2 Å². The van der Waals surface area contributed by atoms with Gasteiger partial charge in [0.1, 0.15) is 0 Å². The molecule has 3 aromatic rings. The Morgan fingerprint density at radius 2 is 1.64 bits per heavy atom. The lowest BCUT2D eigenvalue weighted by Gasteiger charge is -2.11. The number of hydrogen-bond donors (Lipinski definition) is 2. The highest BCUT2D eigenvalue weighted by molar-refractivity contribution is 7.90. The lowest BCUT2D eigenvalue weighted by molar-refractivity contribution is 0.0993. The van der Waals surface area contributed by atoms with E-state index in [1.165, 1.54) is 30.5 Å². The summed E-state index contributed by atoms with van der Waals surface area (Å²) in [6, 6.07) is 14.0. The van der Waals surface area contributed by atoms with Crippen molar-refractivity contribution < 1.29 is 22.4 Å². The second kappa shape index (κ2) is 7.69. The predicted octanol–water partition coefficient (Wildman–Crippen LogP) is 3.50. The molecule has 1 heterocycles. The van der Waals surface area contributed by atoms with Crippen LogP contribution >= 0.6 is 0 Å². The van der Waals surface area contributed by atoms with E-state index in [0.29, 0.717) is 16.9 Å². The first-order chi connectivity index (χ1) is 13.2. The standard InChI is InChI=1S/C20H18N2O5S/c1-13-5-6-14(12-17(13)22-20(24)18-4-3-11-27-18)19(23)21-15-7-9-16(10-8-15)28(2,25)26/h3-12H,1-2H3,(H,21,23)(H,22,24). The van der Waals surface area contributed by atoms with Crippen molar-refractivity contribution in [2.45, 2.75) is 11.8 Å². The predicted molar refractivity (Wildman–Crippen MR) is 105 cm³/mol. The van der Waals surface area contributed by atoms with E-state index in [1.54, 1.807) is 30.3 Å². The smallest absolute Gasteiger partial charge is 0.291 e. The van der Waals surface area contributed by atoms with Crippen LogP contribution in [0, 0.1) is 6.92 Å². The third-order valence-electron chi connectivity index (χ3n) is 4.03. The van der Waals surface area contributed by atoms with E-state index < -0.39 is 15.7 Å². The molecule has 0 atom stereocenters. The summed E-state index contributed by atoms with van der Waals surface area (Å²) in [6.45, 7) is 1.81. The highest BCUT2D eigenvalue weighted by atomic mass is 32.2. The second-order valence-electron chi connectivity index (χ2n) is 6.21. The first kappa shape index (κ1) is 19.4. The molecular weight excluding hydrogens is 380 g/mol. The molecule has 0 saturated heterocycles. The van der Waals surface area contributed by atoms with E-state index in [9.17, 15) is 18.0 Å². The van der Waals surface area contributed by atoms with Crippen LogP contribution in [0.25, 0.3) is 0 Å². The van der Waals surface area contributed by atoms with Crippen LogP contribution in [0.2, 0.25) is 0 Å². The van der Waals surface area contributed by atoms with Crippen molar-refractivity contribution in [2.24, 2.45) is 0 Å². The zero-order valence-corrected chi connectivity index (χ0v) is 16.0. The van der Waals surface area contributed by atoms with Crippen LogP contribution in [0.3, 0.4) is 0 Å². The third-order valence-corrected chi connectivity index (χ3v) is 5.16. The number of furan rings is 1. The molecule has 0 fully saturated rings. The summed E-state index contributed by atoms with van der Waals surface area (Å²) < 4.78 is 28.1. The zero-order chi connectivity index (χ0) is 20.3. The molecular formula is C20H18N2O5S. The van der Waals surface area contributed by atoms with Crippen LogP contribution < -0.4 is 10.6 Å². The van der Waals surface area contributed by atoms with Gasteiger partial charge in [-0.1, -0.05) is 6.07 Å². The number of hydrogen-bond acceptors (Lipinski definition) is 5. The van der Waals surface area contributed by atoms with Crippen LogP contribution in [0.1, 0.15) is 26.5 Å². The van der Waals surface area contributed by atoms with Gasteiger partial charge in [-0.25, -0.2) is 8.42 Å². The van der Waals surface area contributed by atoms with E-state index >= 15 is 0 Å². The number of nitrogens with one attached hydrogen (secondary N) is 2. The molecule has 3 rings (SSSR count). The molecule has 0 aliphatic carbocycles. The fourth-order valence-corrected chi connectivity index (χ4v) is 3.11. The Labute approximate surface area is 162 Å². The monoisotopic (exact) mass is 398 g/mol. The first-order valence-corrected chi connectivity index (χ1v) is 10.2. The van der Waals surface area contributed by atoms with Crippen LogP contribution in [0.15, 0.2) is 70.2 Å². The van der Waals surface area contributed by atoms with Gasteiger partial charge in [-0.05, 0) is 61.0 Å². The van der Waals surface area contributed by atoms with Crippen molar-refractivity contribution in [3.05, 3.63) is 77.7 Å². The van der Waals surface area contributed by atoms with Gasteiger partial charge in [0.15, 0.2) is 15.6 Å². The Morgan fingerprint density at radius 3 is 2.25 bits per heavy atom. The molecule has 2 amide bonds. The lowest BCUT2D eigenvalue weighted by Crippen LogP contribution is -2.15. The van der Waals surface area contributed by atoms with Crippen LogP contribution in [0.4, 0.5) is 11.4 Å². The average Bonchev–Trinajstić information content (AvgIpc) is 3.18. The minimum Gasteiger partial charge on any atom is -0.459 e. The number of sulfone groups is 1. The molecule has 28 heavy (non-hydrogen) atoms. The van der Waals surface area contributed by atoms with Gasteiger partial charge in [-0.15, -0.1) is 0 Å². The summed E-state index contributed by atoms with van der Waals surface area (Å²) in [5.41, 5.74) is 2.07. The molecule has 8 heteroatoms. The van der Waals surface area contributed by atoms with Crippen molar-refractivity contribution in [1.29, 1.82) is 0 Å². The molecule has 0 spiro atoms. The molecule has 0 aliphatic rings. The van der Waals surface area contributed by atoms with E-state index in [-0.39, 0.29) is 16.6 Å². The topological polar surface area (TPSA) is 105 Å². The maximum atomic E-state index is 12.5. The van der Waals surface area contributed by atoms with Gasteiger partial charge in [-0.2, -0.15) is 0 Å². The number of carbonyl (C=O) groups is 2. The molecule has 0 unspecified atom stereocenters. The van der Waals surface area contributed by atoms with E-state index in [2.05, 4.69) is 10.6 Å². The van der Waals surface area contributed by atoms with Crippen LogP contribution in [-0.2, 0) is 9.84 Å². The molecule has 2 aromatic carbocycles. The van der Waals surface area contributed by atoms with E-state index in [0.717, 1.165) is 11.8 Å². The van der Waals surface area contributed by atoms with Gasteiger partial charge in [0, 0.05) is 23.2 Å². The average molecular weight is 398 g/mol. The van der Waals surface area contributed by atoms with Crippen molar-refractivity contribution >= 4 is 33.0 Å². The van der Waals surface area contributed by atoms with Gasteiger partial charge >= 0.3 is 0 Å². The number of amides is 2. The maximum absolute atomic E-state index is 12.5. The third kappa shape index (κ3) is 4.47. The van der Waals surface area contributed by atoms with Crippen LogP contribution in [0.5, 0.6) is 0 Å². The molecule has 0 aliphatic heterocycles. The molecule has 144 valence electrons. The lowest BCUT2D eigenvalue weighted by atomic mass is 10.1. The largest absolute Gasteiger partial charge is 0.459 e. The van der Waals surface area contributed by atoms with E-state index in [4.69, 9.17) is 4.42 Å². The number of rotatable bonds is 5. The second-order valence-corrected chi connectivity index (χ2v) is 8.23. The number of anilines is 2. The Balaban J connectivity index is 1.76. The summed E-state index contributed by atoms with van der Waals surface area (Å²) in [4.78, 5) is 24.8. The quantitative estimate of drug-likeness (QED) is 0.684. The summed E-state index contributed by atoms with van der Waals surface area (Å²) in [5.74, 6) is -0.636. The summed E-state index contributed by atoms with van der Waals surface area (Å²) >= 11 is 0. The molecule has 2 N–H and O–H groups in total. The number of carbonyl (C=O) groups excluding carboxylic acids is 2. The van der Waals surface area contributed by atoms with Crippen molar-refractivity contribution in [3.63, 3.8) is 0 Å². The molecule has 0 bridgehead atoms. The highest BCUT2D eigenvalue weighted by Gasteiger charge is 2.14. The number of aryl methyl sites for hydroxylation is 1. The molecule has 0 saturated carbocycles. The first-order valence-electron chi connectivity index (χ1n) is 8.31.